The molecule has 128 valence electrons. The van der Waals surface area contributed by atoms with Gasteiger partial charge in [0.25, 0.3) is 0 Å². The molecule has 0 aromatic heterocycles. The van der Waals surface area contributed by atoms with Gasteiger partial charge in [0.05, 0.1) is 6.67 Å². The van der Waals surface area contributed by atoms with Crippen molar-refractivity contribution in [3.63, 3.8) is 0 Å². The molecule has 24 heavy (non-hydrogen) atoms. The van der Waals surface area contributed by atoms with Crippen molar-refractivity contribution in [2.24, 2.45) is 0 Å². The average Bonchev–Trinajstić information content (AvgIpc) is 2.55. The summed E-state index contributed by atoms with van der Waals surface area (Å²) in [5.74, 6) is -6.19. The first-order chi connectivity index (χ1) is 11.4. The van der Waals surface area contributed by atoms with Crippen molar-refractivity contribution in [2.45, 2.75) is 19.8 Å². The lowest BCUT2D eigenvalue weighted by molar-refractivity contribution is 0.458. The van der Waals surface area contributed by atoms with Crippen LogP contribution >= 0.6 is 0 Å². The van der Waals surface area contributed by atoms with Crippen LogP contribution in [-0.4, -0.2) is 6.67 Å². The Kier molecular flexibility index (Phi) is 5.70. The summed E-state index contributed by atoms with van der Waals surface area (Å²) in [7, 11) is 0. The van der Waals surface area contributed by atoms with E-state index in [-0.39, 0.29) is 12.0 Å². The molecule has 6 heteroatoms. The molecule has 0 radical (unpaired) electrons. The number of allylic oxidation sites excluding steroid dienone is 1. The molecule has 0 fully saturated rings. The molecule has 0 bridgehead atoms. The van der Waals surface area contributed by atoms with Gasteiger partial charge in [-0.05, 0) is 18.1 Å². The third kappa shape index (κ3) is 3.47. The van der Waals surface area contributed by atoms with Crippen LogP contribution in [-0.2, 0) is 6.42 Å². The van der Waals surface area contributed by atoms with Crippen molar-refractivity contribution in [2.75, 3.05) is 6.67 Å². The topological polar surface area (TPSA) is 0 Å². The van der Waals surface area contributed by atoms with Gasteiger partial charge in [-0.1, -0.05) is 31.2 Å². The van der Waals surface area contributed by atoms with Crippen LogP contribution < -0.4 is 0 Å². The minimum absolute atomic E-state index is 0.116. The van der Waals surface area contributed by atoms with E-state index in [2.05, 4.69) is 0 Å². The molecule has 0 heterocycles. The Labute approximate surface area is 135 Å². The van der Waals surface area contributed by atoms with Gasteiger partial charge in [-0.15, -0.1) is 0 Å². The van der Waals surface area contributed by atoms with Crippen LogP contribution in [0.1, 0.15) is 24.5 Å². The van der Waals surface area contributed by atoms with E-state index in [0.29, 0.717) is 6.08 Å². The second-order valence-corrected chi connectivity index (χ2v) is 5.11. The summed E-state index contributed by atoms with van der Waals surface area (Å²) in [6.07, 6.45) is 0.359. The van der Waals surface area contributed by atoms with Crippen LogP contribution in [0.2, 0.25) is 0 Å². The van der Waals surface area contributed by atoms with Gasteiger partial charge in [0.2, 0.25) is 0 Å². The molecule has 0 atom stereocenters. The van der Waals surface area contributed by atoms with E-state index in [1.165, 1.54) is 6.07 Å². The SMILES string of the molecule is CCc1ccc(-c2ccc(/C=C(\F)CCF)c(F)c2F)c(F)c1F. The molecule has 0 spiro atoms. The van der Waals surface area contributed by atoms with Gasteiger partial charge >= 0.3 is 0 Å². The maximum atomic E-state index is 14.2. The summed E-state index contributed by atoms with van der Waals surface area (Å²) in [4.78, 5) is 0. The summed E-state index contributed by atoms with van der Waals surface area (Å²) >= 11 is 0. The summed E-state index contributed by atoms with van der Waals surface area (Å²) in [6, 6.07) is 4.50. The summed E-state index contributed by atoms with van der Waals surface area (Å²) in [5, 5.41) is 0. The van der Waals surface area contributed by atoms with E-state index in [1.54, 1.807) is 6.92 Å². The third-order valence-corrected chi connectivity index (χ3v) is 3.59. The predicted molar refractivity (Wildman–Crippen MR) is 80.8 cm³/mol. The largest absolute Gasteiger partial charge is 0.251 e. The van der Waals surface area contributed by atoms with Crippen LogP contribution in [0.3, 0.4) is 0 Å². The Bertz CT molecular complexity index is 780. The minimum atomic E-state index is -1.43. The van der Waals surface area contributed by atoms with Crippen molar-refractivity contribution in [3.8, 4) is 11.1 Å². The zero-order valence-corrected chi connectivity index (χ0v) is 12.8. The highest BCUT2D eigenvalue weighted by atomic mass is 19.2. The van der Waals surface area contributed by atoms with E-state index in [1.807, 2.05) is 0 Å². The van der Waals surface area contributed by atoms with Crippen LogP contribution in [0, 0.1) is 23.3 Å². The second-order valence-electron chi connectivity index (χ2n) is 5.11. The van der Waals surface area contributed by atoms with E-state index < -0.39 is 58.9 Å². The summed E-state index contributed by atoms with van der Waals surface area (Å²) in [5.41, 5.74) is -1.23. The molecule has 0 N–H and O–H groups in total. The van der Waals surface area contributed by atoms with Crippen molar-refractivity contribution in [1.29, 1.82) is 0 Å². The van der Waals surface area contributed by atoms with Crippen molar-refractivity contribution in [3.05, 3.63) is 64.5 Å². The number of halogens is 6. The molecule has 0 saturated heterocycles. The maximum Gasteiger partial charge on any atom is 0.167 e. The molecule has 0 aliphatic heterocycles. The molecule has 2 rings (SSSR count). The Balaban J connectivity index is 2.53. The van der Waals surface area contributed by atoms with Gasteiger partial charge in [0.15, 0.2) is 23.3 Å². The van der Waals surface area contributed by atoms with Crippen LogP contribution in [0.4, 0.5) is 26.3 Å². The van der Waals surface area contributed by atoms with E-state index in [9.17, 15) is 26.3 Å². The van der Waals surface area contributed by atoms with Gasteiger partial charge in [0.1, 0.15) is 5.83 Å². The molecule has 0 saturated carbocycles. The molecular formula is C18H14F6. The molecule has 2 aromatic rings. The molecule has 0 aliphatic carbocycles. The van der Waals surface area contributed by atoms with E-state index in [0.717, 1.165) is 18.2 Å². The summed E-state index contributed by atoms with van der Waals surface area (Å²) in [6.45, 7) is 0.656. The highest BCUT2D eigenvalue weighted by Gasteiger charge is 2.20. The maximum absolute atomic E-state index is 14.2. The monoisotopic (exact) mass is 344 g/mol. The van der Waals surface area contributed by atoms with Gasteiger partial charge in [-0.3, -0.25) is 4.39 Å². The van der Waals surface area contributed by atoms with Crippen molar-refractivity contribution >= 4 is 6.08 Å². The lowest BCUT2D eigenvalue weighted by atomic mass is 9.99. The fourth-order valence-electron chi connectivity index (χ4n) is 2.29. The smallest absolute Gasteiger partial charge is 0.167 e. The molecule has 2 aromatic carbocycles. The number of hydrogen-bond donors (Lipinski definition) is 0. The quantitative estimate of drug-likeness (QED) is 0.571. The van der Waals surface area contributed by atoms with Crippen LogP contribution in [0.5, 0.6) is 0 Å². The number of aryl methyl sites for hydroxylation is 1. The second kappa shape index (κ2) is 7.55. The van der Waals surface area contributed by atoms with Crippen LogP contribution in [0.25, 0.3) is 17.2 Å². The van der Waals surface area contributed by atoms with Crippen LogP contribution in [0.15, 0.2) is 30.1 Å². The summed E-state index contributed by atoms with van der Waals surface area (Å²) < 4.78 is 81.4. The standard InChI is InChI=1S/C18H14F6/c1-2-10-3-5-13(17(23)15(10)21)14-6-4-11(16(22)18(14)24)9-12(20)7-8-19/h3-6,9H,2,7-8H2,1H3/b12-9-. The van der Waals surface area contributed by atoms with Gasteiger partial charge < -0.3 is 0 Å². The Morgan fingerprint density at radius 2 is 1.46 bits per heavy atom. The predicted octanol–water partition coefficient (Wildman–Crippen LogP) is 6.14. The molecule has 0 amide bonds. The van der Waals surface area contributed by atoms with E-state index >= 15 is 0 Å². The van der Waals surface area contributed by atoms with Crippen molar-refractivity contribution in [1.82, 2.24) is 0 Å². The van der Waals surface area contributed by atoms with Gasteiger partial charge in [0, 0.05) is 23.1 Å². The number of hydrogen-bond acceptors (Lipinski definition) is 0. The van der Waals surface area contributed by atoms with Crippen molar-refractivity contribution < 1.29 is 26.3 Å². The highest BCUT2D eigenvalue weighted by Crippen LogP contribution is 2.31. The molecule has 0 nitrogen and oxygen atoms in total. The fourth-order valence-corrected chi connectivity index (χ4v) is 2.29. The first-order valence-corrected chi connectivity index (χ1v) is 7.28. The third-order valence-electron chi connectivity index (χ3n) is 3.59. The zero-order valence-electron chi connectivity index (χ0n) is 12.8. The Hall–Kier alpha value is -2.24. The fraction of sp³-hybridized carbons (Fsp3) is 0.222. The first kappa shape index (κ1) is 18.1. The molecule has 0 aliphatic rings. The average molecular weight is 344 g/mol. The highest BCUT2D eigenvalue weighted by molar-refractivity contribution is 5.68. The Morgan fingerprint density at radius 3 is 2.04 bits per heavy atom. The van der Waals surface area contributed by atoms with Gasteiger partial charge in [-0.2, -0.15) is 0 Å². The lowest BCUT2D eigenvalue weighted by Crippen LogP contribution is -1.99. The normalized spacial score (nSPS) is 11.9. The first-order valence-electron chi connectivity index (χ1n) is 7.28. The van der Waals surface area contributed by atoms with Gasteiger partial charge in [-0.25, -0.2) is 22.0 Å². The zero-order chi connectivity index (χ0) is 17.9. The molecular weight excluding hydrogens is 330 g/mol. The number of benzene rings is 2. The van der Waals surface area contributed by atoms with E-state index in [4.69, 9.17) is 0 Å². The number of alkyl halides is 1. The molecule has 0 unspecified atom stereocenters. The lowest BCUT2D eigenvalue weighted by Gasteiger charge is -2.10. The number of rotatable bonds is 5. The Morgan fingerprint density at radius 1 is 0.875 bits per heavy atom. The minimum Gasteiger partial charge on any atom is -0.251 e.